The van der Waals surface area contributed by atoms with Crippen molar-refractivity contribution < 1.29 is 19.4 Å². The lowest BCUT2D eigenvalue weighted by atomic mass is 9.99. The van der Waals surface area contributed by atoms with Crippen LogP contribution in [0.2, 0.25) is 0 Å². The minimum Gasteiger partial charge on any atom is -0.479 e. The second-order valence-corrected chi connectivity index (χ2v) is 5.69. The Morgan fingerprint density at radius 3 is 2.67 bits per heavy atom. The van der Waals surface area contributed by atoms with Crippen LogP contribution in [-0.2, 0) is 9.53 Å². The summed E-state index contributed by atoms with van der Waals surface area (Å²) in [5.74, 6) is -1.53. The Morgan fingerprint density at radius 2 is 2.22 bits per heavy atom. The Hall–Kier alpha value is -1.47. The number of carboxylic acids is 1. The van der Waals surface area contributed by atoms with E-state index in [2.05, 4.69) is 10.3 Å². The van der Waals surface area contributed by atoms with Crippen LogP contribution >= 0.6 is 11.3 Å². The van der Waals surface area contributed by atoms with E-state index in [-0.39, 0.29) is 13.0 Å². The number of thiazole rings is 1. The van der Waals surface area contributed by atoms with Gasteiger partial charge < -0.3 is 15.2 Å². The first-order valence-electron chi connectivity index (χ1n) is 5.52. The van der Waals surface area contributed by atoms with Crippen molar-refractivity contribution in [3.05, 3.63) is 15.6 Å². The van der Waals surface area contributed by atoms with E-state index in [0.29, 0.717) is 12.3 Å². The first-order valence-corrected chi connectivity index (χ1v) is 6.34. The zero-order valence-electron chi connectivity index (χ0n) is 10.1. The molecular formula is C11H14N2O4S. The van der Waals surface area contributed by atoms with Gasteiger partial charge in [-0.15, -0.1) is 11.3 Å². The molecule has 1 fully saturated rings. The molecule has 6 nitrogen and oxygen atoms in total. The molecule has 1 aromatic heterocycles. The number of nitrogens with zero attached hydrogens (tertiary/aromatic N) is 1. The van der Waals surface area contributed by atoms with Gasteiger partial charge >= 0.3 is 5.97 Å². The zero-order valence-corrected chi connectivity index (χ0v) is 11.0. The lowest BCUT2D eigenvalue weighted by Gasteiger charge is -2.23. The van der Waals surface area contributed by atoms with Gasteiger partial charge in [-0.2, -0.15) is 0 Å². The normalized spacial score (nSPS) is 23.0. The van der Waals surface area contributed by atoms with Gasteiger partial charge in [0, 0.05) is 17.9 Å². The molecule has 1 aliphatic heterocycles. The molecule has 0 saturated carbocycles. The summed E-state index contributed by atoms with van der Waals surface area (Å²) in [7, 11) is 0. The number of ether oxygens (including phenoxy) is 1. The number of hydrogen-bond donors (Lipinski definition) is 2. The van der Waals surface area contributed by atoms with Crippen molar-refractivity contribution in [2.45, 2.75) is 25.8 Å². The van der Waals surface area contributed by atoms with E-state index in [0.717, 1.165) is 9.88 Å². The third-order valence-electron chi connectivity index (χ3n) is 2.90. The van der Waals surface area contributed by atoms with E-state index in [9.17, 15) is 14.7 Å². The van der Waals surface area contributed by atoms with Crippen LogP contribution in [0.4, 0.5) is 0 Å². The summed E-state index contributed by atoms with van der Waals surface area (Å²) in [6.45, 7) is 3.93. The molecule has 2 heterocycles. The lowest BCUT2D eigenvalue weighted by molar-refractivity contribution is -0.144. The second-order valence-electron chi connectivity index (χ2n) is 4.28. The number of nitrogens with one attached hydrogen (secondary N) is 1. The molecule has 2 rings (SSSR count). The van der Waals surface area contributed by atoms with E-state index in [1.165, 1.54) is 11.3 Å². The van der Waals surface area contributed by atoms with E-state index >= 15 is 0 Å². The number of amides is 1. The van der Waals surface area contributed by atoms with Gasteiger partial charge in [-0.05, 0) is 13.8 Å². The molecule has 7 heteroatoms. The van der Waals surface area contributed by atoms with Crippen molar-refractivity contribution >= 4 is 23.2 Å². The van der Waals surface area contributed by atoms with Crippen LogP contribution in [0, 0.1) is 13.8 Å². The monoisotopic (exact) mass is 270 g/mol. The Balaban J connectivity index is 2.20. The van der Waals surface area contributed by atoms with E-state index in [1.807, 2.05) is 0 Å². The van der Waals surface area contributed by atoms with E-state index in [4.69, 9.17) is 4.74 Å². The summed E-state index contributed by atoms with van der Waals surface area (Å²) in [6.07, 6.45) is 0.274. The average molecular weight is 270 g/mol. The fourth-order valence-corrected chi connectivity index (χ4v) is 2.72. The highest BCUT2D eigenvalue weighted by Crippen LogP contribution is 2.21. The van der Waals surface area contributed by atoms with Gasteiger partial charge in [0.25, 0.3) is 5.91 Å². The Morgan fingerprint density at radius 1 is 1.50 bits per heavy atom. The average Bonchev–Trinajstić information content (AvgIpc) is 2.86. The van der Waals surface area contributed by atoms with Gasteiger partial charge in [-0.3, -0.25) is 4.79 Å². The van der Waals surface area contributed by atoms with Crippen molar-refractivity contribution in [3.63, 3.8) is 0 Å². The predicted octanol–water partition coefficient (Wildman–Crippen LogP) is 0.733. The van der Waals surface area contributed by atoms with Gasteiger partial charge in [0.2, 0.25) is 0 Å². The number of aliphatic carboxylic acids is 1. The number of carboxylic acid groups (broad SMARTS) is 1. The van der Waals surface area contributed by atoms with Crippen LogP contribution < -0.4 is 5.32 Å². The molecule has 0 radical (unpaired) electrons. The molecule has 1 aromatic rings. The van der Waals surface area contributed by atoms with Crippen molar-refractivity contribution in [1.29, 1.82) is 0 Å². The Labute approximate surface area is 108 Å². The maximum absolute atomic E-state index is 12.1. The minimum absolute atomic E-state index is 0.00373. The first-order chi connectivity index (χ1) is 8.44. The molecule has 98 valence electrons. The largest absolute Gasteiger partial charge is 0.479 e. The van der Waals surface area contributed by atoms with Gasteiger partial charge in [0.1, 0.15) is 5.69 Å². The van der Waals surface area contributed by atoms with Crippen LogP contribution in [0.3, 0.4) is 0 Å². The summed E-state index contributed by atoms with van der Waals surface area (Å²) >= 11 is 1.41. The first kappa shape index (κ1) is 13.0. The zero-order chi connectivity index (χ0) is 13.3. The Bertz CT molecular complexity index is 491. The highest BCUT2D eigenvalue weighted by atomic mass is 32.1. The molecule has 1 amide bonds. The second kappa shape index (κ2) is 4.66. The molecule has 1 saturated heterocycles. The molecule has 2 N–H and O–H groups in total. The molecule has 0 bridgehead atoms. The summed E-state index contributed by atoms with van der Waals surface area (Å²) < 4.78 is 5.08. The number of carbonyl (C=O) groups excluding carboxylic acids is 1. The SMILES string of the molecule is Cc1nc(C(=O)NC2(C(=O)O)CCOC2)c(C)s1. The number of hydrogen-bond acceptors (Lipinski definition) is 5. The number of rotatable bonds is 3. The summed E-state index contributed by atoms with van der Waals surface area (Å²) in [4.78, 5) is 28.2. The van der Waals surface area contributed by atoms with Crippen molar-refractivity contribution in [1.82, 2.24) is 10.3 Å². The van der Waals surface area contributed by atoms with Crippen LogP contribution in [0.25, 0.3) is 0 Å². The third kappa shape index (κ3) is 2.23. The van der Waals surface area contributed by atoms with Crippen LogP contribution in [0.5, 0.6) is 0 Å². The predicted molar refractivity (Wildman–Crippen MR) is 64.9 cm³/mol. The molecule has 0 aliphatic carbocycles. The summed E-state index contributed by atoms with van der Waals surface area (Å²) in [5, 5.41) is 12.5. The van der Waals surface area contributed by atoms with E-state index < -0.39 is 17.4 Å². The standard InChI is InChI=1S/C11H14N2O4S/c1-6-8(12-7(2)18-6)9(14)13-11(10(15)16)3-4-17-5-11/h3-5H2,1-2H3,(H,13,14)(H,15,16). The molecule has 1 unspecified atom stereocenters. The molecule has 1 atom stereocenters. The smallest absolute Gasteiger partial charge is 0.331 e. The quantitative estimate of drug-likeness (QED) is 0.845. The number of aromatic nitrogens is 1. The van der Waals surface area contributed by atoms with Crippen molar-refractivity contribution in [3.8, 4) is 0 Å². The fourth-order valence-electron chi connectivity index (χ4n) is 1.90. The Kier molecular flexibility index (Phi) is 3.36. The maximum Gasteiger partial charge on any atom is 0.331 e. The molecule has 18 heavy (non-hydrogen) atoms. The van der Waals surface area contributed by atoms with Crippen molar-refractivity contribution in [2.24, 2.45) is 0 Å². The third-order valence-corrected chi connectivity index (χ3v) is 3.79. The lowest BCUT2D eigenvalue weighted by Crippen LogP contribution is -2.55. The van der Waals surface area contributed by atoms with E-state index in [1.54, 1.807) is 13.8 Å². The summed E-state index contributed by atoms with van der Waals surface area (Å²) in [6, 6.07) is 0. The molecule has 0 spiro atoms. The fraction of sp³-hybridized carbons (Fsp3) is 0.545. The van der Waals surface area contributed by atoms with Gasteiger partial charge in [0.05, 0.1) is 11.6 Å². The highest BCUT2D eigenvalue weighted by Gasteiger charge is 2.44. The van der Waals surface area contributed by atoms with Crippen LogP contribution in [0.1, 0.15) is 26.8 Å². The molecular weight excluding hydrogens is 256 g/mol. The summed E-state index contributed by atoms with van der Waals surface area (Å²) in [5.41, 5.74) is -1.02. The molecule has 0 aromatic carbocycles. The highest BCUT2D eigenvalue weighted by molar-refractivity contribution is 7.11. The van der Waals surface area contributed by atoms with Gasteiger partial charge in [0.15, 0.2) is 5.54 Å². The number of aryl methyl sites for hydroxylation is 2. The van der Waals surface area contributed by atoms with Gasteiger partial charge in [-0.25, -0.2) is 9.78 Å². The topological polar surface area (TPSA) is 88.5 Å². The van der Waals surface area contributed by atoms with Crippen LogP contribution in [-0.4, -0.2) is 40.7 Å². The number of carbonyl (C=O) groups is 2. The molecule has 1 aliphatic rings. The van der Waals surface area contributed by atoms with Crippen LogP contribution in [0.15, 0.2) is 0 Å². The van der Waals surface area contributed by atoms with Gasteiger partial charge in [-0.1, -0.05) is 0 Å². The maximum atomic E-state index is 12.1. The minimum atomic E-state index is -1.32. The van der Waals surface area contributed by atoms with Crippen molar-refractivity contribution in [2.75, 3.05) is 13.2 Å².